The molecule has 0 aliphatic carbocycles. The van der Waals surface area contributed by atoms with Crippen LogP contribution in [0, 0.1) is 13.8 Å². The number of aryl methyl sites for hydroxylation is 2. The first-order chi connectivity index (χ1) is 13.5. The maximum atomic E-state index is 12.0. The van der Waals surface area contributed by atoms with Gasteiger partial charge in [0.05, 0.1) is 5.69 Å². The van der Waals surface area contributed by atoms with Crippen molar-refractivity contribution in [2.24, 2.45) is 0 Å². The second kappa shape index (κ2) is 7.19. The highest BCUT2D eigenvalue weighted by atomic mass is 16.6. The molecular weight excluding hydrogens is 360 g/mol. The molecule has 0 amide bonds. The molecule has 0 atom stereocenters. The number of benzene rings is 1. The highest BCUT2D eigenvalue weighted by Gasteiger charge is 2.09. The Morgan fingerprint density at radius 2 is 2.00 bits per heavy atom. The van der Waals surface area contributed by atoms with Crippen molar-refractivity contribution < 1.29 is 18.7 Å². The van der Waals surface area contributed by atoms with Crippen LogP contribution in [0.25, 0.3) is 16.6 Å². The third-order valence-corrected chi connectivity index (χ3v) is 4.31. The van der Waals surface area contributed by atoms with Crippen LogP contribution < -0.4 is 10.4 Å². The van der Waals surface area contributed by atoms with E-state index in [1.807, 2.05) is 42.8 Å². The van der Waals surface area contributed by atoms with Gasteiger partial charge >= 0.3 is 11.6 Å². The average Bonchev–Trinajstić information content (AvgIpc) is 3.06. The molecule has 0 spiro atoms. The predicted octanol–water partition coefficient (Wildman–Crippen LogP) is 3.18. The van der Waals surface area contributed by atoms with Gasteiger partial charge < -0.3 is 18.3 Å². The van der Waals surface area contributed by atoms with Gasteiger partial charge in [-0.2, -0.15) is 0 Å². The minimum absolute atomic E-state index is 0.0642. The molecule has 28 heavy (non-hydrogen) atoms. The molecule has 0 bridgehead atoms. The highest BCUT2D eigenvalue weighted by molar-refractivity contribution is 5.81. The van der Waals surface area contributed by atoms with E-state index in [4.69, 9.17) is 13.9 Å². The van der Waals surface area contributed by atoms with Crippen molar-refractivity contribution in [3.63, 3.8) is 0 Å². The SMILES string of the molecule is Cc1ccc2nc(COC(=O)COc3ccc4c(C)cc(=O)oc4c3)cn2c1. The Balaban J connectivity index is 1.37. The van der Waals surface area contributed by atoms with Gasteiger partial charge in [0.25, 0.3) is 0 Å². The summed E-state index contributed by atoms with van der Waals surface area (Å²) < 4.78 is 17.7. The van der Waals surface area contributed by atoms with Crippen molar-refractivity contribution in [2.45, 2.75) is 20.5 Å². The van der Waals surface area contributed by atoms with E-state index in [2.05, 4.69) is 4.98 Å². The molecule has 3 aromatic heterocycles. The third kappa shape index (κ3) is 3.73. The average molecular weight is 378 g/mol. The molecule has 4 rings (SSSR count). The second-order valence-electron chi connectivity index (χ2n) is 6.56. The number of carbonyl (C=O) groups excluding carboxylic acids is 1. The lowest BCUT2D eigenvalue weighted by Crippen LogP contribution is -2.14. The number of carbonyl (C=O) groups is 1. The third-order valence-electron chi connectivity index (χ3n) is 4.31. The molecule has 3 heterocycles. The van der Waals surface area contributed by atoms with Gasteiger partial charge in [-0.25, -0.2) is 14.6 Å². The summed E-state index contributed by atoms with van der Waals surface area (Å²) in [5, 5.41) is 0.816. The summed E-state index contributed by atoms with van der Waals surface area (Å²) in [6.45, 7) is 3.64. The molecule has 4 aromatic rings. The summed E-state index contributed by atoms with van der Waals surface area (Å²) in [6, 6.07) is 10.4. The lowest BCUT2D eigenvalue weighted by atomic mass is 10.1. The maximum Gasteiger partial charge on any atom is 0.344 e. The van der Waals surface area contributed by atoms with Crippen LogP contribution in [0.2, 0.25) is 0 Å². The number of ether oxygens (including phenoxy) is 2. The summed E-state index contributed by atoms with van der Waals surface area (Å²) in [6.07, 6.45) is 3.78. The van der Waals surface area contributed by atoms with Crippen LogP contribution in [0.5, 0.6) is 5.75 Å². The number of pyridine rings is 1. The minimum atomic E-state index is -0.515. The first kappa shape index (κ1) is 17.8. The molecule has 1 aromatic carbocycles. The number of fused-ring (bicyclic) bond motifs is 2. The fraction of sp³-hybridized carbons (Fsp3) is 0.190. The maximum absolute atomic E-state index is 12.0. The Bertz CT molecular complexity index is 1240. The first-order valence-electron chi connectivity index (χ1n) is 8.75. The van der Waals surface area contributed by atoms with Gasteiger partial charge in [-0.1, -0.05) is 6.07 Å². The summed E-state index contributed by atoms with van der Waals surface area (Å²) in [5.41, 5.74) is 3.37. The van der Waals surface area contributed by atoms with Crippen molar-refractivity contribution >= 4 is 22.6 Å². The topological polar surface area (TPSA) is 83.0 Å². The monoisotopic (exact) mass is 378 g/mol. The minimum Gasteiger partial charge on any atom is -0.482 e. The molecule has 7 nitrogen and oxygen atoms in total. The van der Waals surface area contributed by atoms with E-state index < -0.39 is 11.6 Å². The Kier molecular flexibility index (Phi) is 4.57. The largest absolute Gasteiger partial charge is 0.482 e. The van der Waals surface area contributed by atoms with Crippen LogP contribution in [0.15, 0.2) is 58.0 Å². The summed E-state index contributed by atoms with van der Waals surface area (Å²) in [4.78, 5) is 27.9. The van der Waals surface area contributed by atoms with E-state index in [0.29, 0.717) is 17.0 Å². The standard InChI is InChI=1S/C21H18N2O5/c1-13-3-6-19-22-15(10-23(19)9-13)11-27-21(25)12-26-16-4-5-17-14(2)7-20(24)28-18(17)8-16/h3-10H,11-12H2,1-2H3. The molecule has 0 aliphatic rings. The van der Waals surface area contributed by atoms with E-state index in [1.54, 1.807) is 18.2 Å². The van der Waals surface area contributed by atoms with Gasteiger partial charge in [0.2, 0.25) is 0 Å². The molecule has 0 saturated heterocycles. The van der Waals surface area contributed by atoms with E-state index in [1.165, 1.54) is 6.07 Å². The molecule has 0 aliphatic heterocycles. The van der Waals surface area contributed by atoms with Gasteiger partial charge in [-0.3, -0.25) is 0 Å². The lowest BCUT2D eigenvalue weighted by Gasteiger charge is -2.07. The fourth-order valence-electron chi connectivity index (χ4n) is 2.96. The van der Waals surface area contributed by atoms with Crippen LogP contribution in [0.3, 0.4) is 0 Å². The molecule has 0 unspecified atom stereocenters. The van der Waals surface area contributed by atoms with Crippen LogP contribution >= 0.6 is 0 Å². The number of rotatable bonds is 5. The Morgan fingerprint density at radius 1 is 1.14 bits per heavy atom. The number of nitrogens with zero attached hydrogens (tertiary/aromatic N) is 2. The number of hydrogen-bond acceptors (Lipinski definition) is 6. The zero-order valence-electron chi connectivity index (χ0n) is 15.5. The molecular formula is C21H18N2O5. The second-order valence-corrected chi connectivity index (χ2v) is 6.56. The first-order valence-corrected chi connectivity index (χ1v) is 8.75. The lowest BCUT2D eigenvalue weighted by molar-refractivity contribution is -0.147. The summed E-state index contributed by atoms with van der Waals surface area (Å²) in [5.74, 6) is -0.0968. The van der Waals surface area contributed by atoms with Gasteiger partial charge in [0.15, 0.2) is 6.61 Å². The van der Waals surface area contributed by atoms with Crippen molar-refractivity contribution in [3.8, 4) is 5.75 Å². The zero-order valence-corrected chi connectivity index (χ0v) is 15.5. The van der Waals surface area contributed by atoms with Crippen LogP contribution in [-0.2, 0) is 16.1 Å². The van der Waals surface area contributed by atoms with Crippen molar-refractivity contribution in [3.05, 3.63) is 76.0 Å². The molecule has 0 saturated carbocycles. The quantitative estimate of drug-likeness (QED) is 0.392. The molecule has 142 valence electrons. The van der Waals surface area contributed by atoms with Gasteiger partial charge in [-0.05, 0) is 43.2 Å². The molecule has 0 N–H and O–H groups in total. The van der Waals surface area contributed by atoms with Crippen LogP contribution in [-0.4, -0.2) is 22.0 Å². The number of imidazole rings is 1. The summed E-state index contributed by atoms with van der Waals surface area (Å²) >= 11 is 0. The number of hydrogen-bond donors (Lipinski definition) is 0. The summed E-state index contributed by atoms with van der Waals surface area (Å²) in [7, 11) is 0. The van der Waals surface area contributed by atoms with Gasteiger partial charge in [0, 0.05) is 29.9 Å². The Morgan fingerprint density at radius 3 is 2.86 bits per heavy atom. The highest BCUT2D eigenvalue weighted by Crippen LogP contribution is 2.22. The van der Waals surface area contributed by atoms with Crippen molar-refractivity contribution in [2.75, 3.05) is 6.61 Å². The van der Waals surface area contributed by atoms with E-state index in [-0.39, 0.29) is 13.2 Å². The Labute approximate surface area is 160 Å². The number of esters is 1. The fourth-order valence-corrected chi connectivity index (χ4v) is 2.96. The molecule has 0 fully saturated rings. The zero-order chi connectivity index (χ0) is 19.7. The van der Waals surface area contributed by atoms with E-state index >= 15 is 0 Å². The van der Waals surface area contributed by atoms with Crippen LogP contribution in [0.4, 0.5) is 0 Å². The van der Waals surface area contributed by atoms with Gasteiger partial charge in [-0.15, -0.1) is 0 Å². The van der Waals surface area contributed by atoms with E-state index in [0.717, 1.165) is 22.2 Å². The normalized spacial score (nSPS) is 11.1. The van der Waals surface area contributed by atoms with E-state index in [9.17, 15) is 9.59 Å². The number of aromatic nitrogens is 2. The van der Waals surface area contributed by atoms with Crippen molar-refractivity contribution in [1.82, 2.24) is 9.38 Å². The Hall–Kier alpha value is -3.61. The smallest absolute Gasteiger partial charge is 0.344 e. The molecule has 0 radical (unpaired) electrons. The predicted molar refractivity (Wildman–Crippen MR) is 102 cm³/mol. The van der Waals surface area contributed by atoms with Gasteiger partial charge in [0.1, 0.15) is 23.6 Å². The molecule has 7 heteroatoms. The van der Waals surface area contributed by atoms with Crippen LogP contribution in [0.1, 0.15) is 16.8 Å². The van der Waals surface area contributed by atoms with Crippen molar-refractivity contribution in [1.29, 1.82) is 0 Å².